The number of benzene rings is 1. The third kappa shape index (κ3) is 4.87. The van der Waals surface area contributed by atoms with Crippen LogP contribution >= 0.6 is 11.3 Å². The molecule has 2 heterocycles. The molecular weight excluding hydrogens is 353 g/mol. The summed E-state index contributed by atoms with van der Waals surface area (Å²) >= 11 is 1.42. The van der Waals surface area contributed by atoms with Gasteiger partial charge >= 0.3 is 0 Å². The highest BCUT2D eigenvalue weighted by atomic mass is 32.1. The number of rotatable bonds is 6. The van der Waals surface area contributed by atoms with E-state index in [-0.39, 0.29) is 23.7 Å². The van der Waals surface area contributed by atoms with E-state index in [1.807, 2.05) is 11.4 Å². The van der Waals surface area contributed by atoms with Gasteiger partial charge in [-0.15, -0.1) is 11.3 Å². The third-order valence-electron chi connectivity index (χ3n) is 4.55. The maximum absolute atomic E-state index is 13.3. The quantitative estimate of drug-likeness (QED) is 0.841. The Morgan fingerprint density at radius 2 is 2.15 bits per heavy atom. The monoisotopic (exact) mass is 377 g/mol. The molecule has 0 unspecified atom stereocenters. The minimum absolute atomic E-state index is 0.0533. The van der Waals surface area contributed by atoms with E-state index >= 15 is 0 Å². The van der Waals surface area contributed by atoms with Gasteiger partial charge in [-0.3, -0.25) is 9.69 Å². The van der Waals surface area contributed by atoms with E-state index in [2.05, 4.69) is 29.0 Å². The number of carbonyl (C=O) groups excluding carboxylic acids is 1. The summed E-state index contributed by atoms with van der Waals surface area (Å²) < 4.78 is 18.7. The lowest BCUT2D eigenvalue weighted by Gasteiger charge is -2.40. The Morgan fingerprint density at radius 3 is 2.88 bits per heavy atom. The standard InChI is InChI=1S/C19H24FN3O2S/c1-19(2,23-6-8-25-9-7-23)13-21-17(24)11-16-12-26-18(22-16)14-4-3-5-15(20)10-14/h3-5,10,12H,6-9,11,13H2,1-2H3,(H,21,24). The van der Waals surface area contributed by atoms with Crippen molar-refractivity contribution < 1.29 is 13.9 Å². The van der Waals surface area contributed by atoms with Gasteiger partial charge in [-0.25, -0.2) is 9.37 Å². The fraction of sp³-hybridized carbons (Fsp3) is 0.474. The number of aromatic nitrogens is 1. The molecule has 1 amide bonds. The molecule has 1 aliphatic rings. The molecule has 0 radical (unpaired) electrons. The summed E-state index contributed by atoms with van der Waals surface area (Å²) in [5, 5.41) is 5.59. The minimum atomic E-state index is -0.290. The highest BCUT2D eigenvalue weighted by Crippen LogP contribution is 2.24. The highest BCUT2D eigenvalue weighted by molar-refractivity contribution is 7.13. The first-order valence-electron chi connectivity index (χ1n) is 8.74. The van der Waals surface area contributed by atoms with E-state index in [9.17, 15) is 9.18 Å². The number of amides is 1. The zero-order valence-electron chi connectivity index (χ0n) is 15.1. The van der Waals surface area contributed by atoms with Crippen molar-refractivity contribution in [1.82, 2.24) is 15.2 Å². The average molecular weight is 377 g/mol. The molecule has 26 heavy (non-hydrogen) atoms. The van der Waals surface area contributed by atoms with Gasteiger partial charge in [0.05, 0.1) is 25.3 Å². The molecule has 0 bridgehead atoms. The second-order valence-corrected chi connectivity index (χ2v) is 7.88. The molecule has 1 aromatic carbocycles. The summed E-state index contributed by atoms with van der Waals surface area (Å²) in [7, 11) is 0. The average Bonchev–Trinajstić information content (AvgIpc) is 3.09. The Morgan fingerprint density at radius 1 is 1.38 bits per heavy atom. The van der Waals surface area contributed by atoms with Crippen LogP contribution in [0.25, 0.3) is 10.6 Å². The first-order chi connectivity index (χ1) is 12.4. The van der Waals surface area contributed by atoms with Crippen LogP contribution in [0, 0.1) is 5.82 Å². The molecule has 0 saturated carbocycles. The van der Waals surface area contributed by atoms with Gasteiger partial charge < -0.3 is 10.1 Å². The lowest BCUT2D eigenvalue weighted by Crippen LogP contribution is -2.55. The third-order valence-corrected chi connectivity index (χ3v) is 5.49. The van der Waals surface area contributed by atoms with E-state index in [1.165, 1.54) is 23.5 Å². The Bertz CT molecular complexity index is 757. The van der Waals surface area contributed by atoms with Crippen LogP contribution in [0.5, 0.6) is 0 Å². The van der Waals surface area contributed by atoms with E-state index in [4.69, 9.17) is 4.74 Å². The van der Waals surface area contributed by atoms with Gasteiger partial charge in [-0.2, -0.15) is 0 Å². The molecule has 1 aliphatic heterocycles. The Kier molecular flexibility index (Phi) is 6.01. The van der Waals surface area contributed by atoms with Gasteiger partial charge in [-0.05, 0) is 26.0 Å². The maximum Gasteiger partial charge on any atom is 0.226 e. The lowest BCUT2D eigenvalue weighted by atomic mass is 10.0. The van der Waals surface area contributed by atoms with Gasteiger partial charge in [0.15, 0.2) is 0 Å². The molecule has 5 nitrogen and oxygen atoms in total. The zero-order chi connectivity index (χ0) is 18.6. The van der Waals surface area contributed by atoms with Crippen molar-refractivity contribution in [3.63, 3.8) is 0 Å². The van der Waals surface area contributed by atoms with Gasteiger partial charge in [-0.1, -0.05) is 12.1 Å². The number of ether oxygens (including phenoxy) is 1. The topological polar surface area (TPSA) is 54.5 Å². The van der Waals surface area contributed by atoms with Crippen LogP contribution < -0.4 is 5.32 Å². The molecule has 140 valence electrons. The maximum atomic E-state index is 13.3. The van der Waals surface area contributed by atoms with Crippen LogP contribution in [0.4, 0.5) is 4.39 Å². The Balaban J connectivity index is 1.53. The molecule has 0 spiro atoms. The Labute approximate surface area is 157 Å². The summed E-state index contributed by atoms with van der Waals surface area (Å²) in [6.45, 7) is 8.07. The first kappa shape index (κ1) is 18.9. The van der Waals surface area contributed by atoms with Gasteiger partial charge in [0.1, 0.15) is 10.8 Å². The van der Waals surface area contributed by atoms with Crippen LogP contribution in [0.3, 0.4) is 0 Å². The lowest BCUT2D eigenvalue weighted by molar-refractivity contribution is -0.121. The van der Waals surface area contributed by atoms with E-state index in [0.29, 0.717) is 12.2 Å². The number of hydrogen-bond acceptors (Lipinski definition) is 5. The van der Waals surface area contributed by atoms with Crippen LogP contribution in [0.2, 0.25) is 0 Å². The van der Waals surface area contributed by atoms with E-state index in [1.54, 1.807) is 6.07 Å². The van der Waals surface area contributed by atoms with Crippen molar-refractivity contribution >= 4 is 17.2 Å². The molecule has 1 N–H and O–H groups in total. The van der Waals surface area contributed by atoms with E-state index < -0.39 is 0 Å². The molecule has 1 saturated heterocycles. The number of carbonyl (C=O) groups is 1. The number of hydrogen-bond donors (Lipinski definition) is 1. The summed E-state index contributed by atoms with van der Waals surface area (Å²) in [5.74, 6) is -0.343. The number of thiazole rings is 1. The zero-order valence-corrected chi connectivity index (χ0v) is 15.9. The summed E-state index contributed by atoms with van der Waals surface area (Å²) in [6, 6.07) is 6.33. The summed E-state index contributed by atoms with van der Waals surface area (Å²) in [6.07, 6.45) is 0.227. The predicted octanol–water partition coefficient (Wildman–Crippen LogP) is 2.72. The summed E-state index contributed by atoms with van der Waals surface area (Å²) in [4.78, 5) is 19.1. The van der Waals surface area contributed by atoms with Crippen molar-refractivity contribution in [3.05, 3.63) is 41.2 Å². The van der Waals surface area contributed by atoms with Crippen LogP contribution in [-0.4, -0.2) is 54.2 Å². The van der Waals surface area contributed by atoms with Crippen LogP contribution in [0.15, 0.2) is 29.6 Å². The van der Waals surface area contributed by atoms with E-state index in [0.717, 1.165) is 36.9 Å². The molecule has 0 aliphatic carbocycles. The second-order valence-electron chi connectivity index (χ2n) is 7.02. The van der Waals surface area contributed by atoms with Gasteiger partial charge in [0.2, 0.25) is 5.91 Å². The Hall–Kier alpha value is -1.83. The molecule has 7 heteroatoms. The molecule has 1 aromatic heterocycles. The molecule has 3 rings (SSSR count). The molecule has 1 fully saturated rings. The molecular formula is C19H24FN3O2S. The van der Waals surface area contributed by atoms with Crippen molar-refractivity contribution in [2.24, 2.45) is 0 Å². The largest absolute Gasteiger partial charge is 0.379 e. The van der Waals surface area contributed by atoms with Crippen LogP contribution in [0.1, 0.15) is 19.5 Å². The smallest absolute Gasteiger partial charge is 0.226 e. The first-order valence-corrected chi connectivity index (χ1v) is 9.62. The summed E-state index contributed by atoms with van der Waals surface area (Å²) in [5.41, 5.74) is 1.32. The number of halogens is 1. The van der Waals surface area contributed by atoms with Crippen LogP contribution in [-0.2, 0) is 16.0 Å². The van der Waals surface area contributed by atoms with Crippen molar-refractivity contribution in [3.8, 4) is 10.6 Å². The number of morpholine rings is 1. The second kappa shape index (κ2) is 8.24. The SMILES string of the molecule is CC(C)(CNC(=O)Cc1csc(-c2cccc(F)c2)n1)N1CCOCC1. The molecule has 0 atom stereocenters. The predicted molar refractivity (Wildman–Crippen MR) is 101 cm³/mol. The number of nitrogens with zero attached hydrogens (tertiary/aromatic N) is 2. The van der Waals surface area contributed by atoms with Crippen molar-refractivity contribution in [2.75, 3.05) is 32.8 Å². The highest BCUT2D eigenvalue weighted by Gasteiger charge is 2.28. The fourth-order valence-electron chi connectivity index (χ4n) is 2.96. The number of nitrogens with one attached hydrogen (secondary N) is 1. The normalized spacial score (nSPS) is 15.8. The molecule has 2 aromatic rings. The minimum Gasteiger partial charge on any atom is -0.379 e. The van der Waals surface area contributed by atoms with Crippen molar-refractivity contribution in [2.45, 2.75) is 25.8 Å². The van der Waals surface area contributed by atoms with Gasteiger partial charge in [0, 0.05) is 36.1 Å². The fourth-order valence-corrected chi connectivity index (χ4v) is 3.78. The van der Waals surface area contributed by atoms with Crippen molar-refractivity contribution in [1.29, 1.82) is 0 Å². The van der Waals surface area contributed by atoms with Gasteiger partial charge in [0.25, 0.3) is 0 Å².